The van der Waals surface area contributed by atoms with Crippen LogP contribution < -0.4 is 0 Å². The van der Waals surface area contributed by atoms with E-state index in [1.54, 1.807) is 0 Å². The van der Waals surface area contributed by atoms with Gasteiger partial charge in [-0.3, -0.25) is 4.98 Å². The van der Waals surface area contributed by atoms with Gasteiger partial charge in [-0.25, -0.2) is 0 Å². The van der Waals surface area contributed by atoms with Crippen LogP contribution >= 0.6 is 0 Å². The molecule has 0 saturated carbocycles. The maximum absolute atomic E-state index is 4.25. The van der Waals surface area contributed by atoms with Gasteiger partial charge in [-0.05, 0) is 46.0 Å². The number of nitrogens with zero attached hydrogens (tertiary/aromatic N) is 1. The van der Waals surface area contributed by atoms with E-state index < -0.39 is 0 Å². The third-order valence-corrected chi connectivity index (χ3v) is 3.34. The number of fused-ring (bicyclic) bond motifs is 1. The molecule has 0 aliphatic rings. The van der Waals surface area contributed by atoms with Crippen LogP contribution in [0.15, 0.2) is 73.6 Å². The molecular weight excluding hydrogens is 230 g/mol. The van der Waals surface area contributed by atoms with E-state index in [9.17, 15) is 0 Å². The zero-order valence-electron chi connectivity index (χ0n) is 10.7. The second-order valence-corrected chi connectivity index (χ2v) is 4.66. The number of hydrogen-bond acceptors (Lipinski definition) is 1. The minimum atomic E-state index is 0.858. The fraction of sp³-hybridized carbons (Fsp3) is 0.0556. The summed E-state index contributed by atoms with van der Waals surface area (Å²) in [6.07, 6.45) is 4.51. The molecule has 1 aromatic heterocycles. The van der Waals surface area contributed by atoms with E-state index in [1.807, 2.05) is 24.5 Å². The largest absolute Gasteiger partial charge is 0.265 e. The Morgan fingerprint density at radius 1 is 0.895 bits per heavy atom. The van der Waals surface area contributed by atoms with Crippen LogP contribution in [-0.4, -0.2) is 4.98 Å². The molecule has 0 radical (unpaired) electrons. The summed E-state index contributed by atoms with van der Waals surface area (Å²) in [6, 6.07) is 18.9. The van der Waals surface area contributed by atoms with Crippen LogP contribution in [-0.2, 0) is 6.42 Å². The van der Waals surface area contributed by atoms with Crippen LogP contribution in [0, 0.1) is 0 Å². The van der Waals surface area contributed by atoms with Crippen LogP contribution in [0.25, 0.3) is 16.3 Å². The Hall–Kier alpha value is -2.41. The van der Waals surface area contributed by atoms with Crippen molar-refractivity contribution < 1.29 is 0 Å². The minimum absolute atomic E-state index is 0.858. The average molecular weight is 245 g/mol. The molecule has 0 saturated heterocycles. The molecule has 0 aliphatic carbocycles. The topological polar surface area (TPSA) is 12.9 Å². The molecule has 1 heteroatoms. The molecule has 0 atom stereocenters. The number of aromatic nitrogens is 1. The van der Waals surface area contributed by atoms with E-state index >= 15 is 0 Å². The SMILES string of the molecule is C=C(Cc1ccncc1)c1cccc2ccccc12. The predicted molar refractivity (Wildman–Crippen MR) is 80.9 cm³/mol. The fourth-order valence-electron chi connectivity index (χ4n) is 2.38. The number of allylic oxidation sites excluding steroid dienone is 1. The first kappa shape index (κ1) is 11.7. The summed E-state index contributed by atoms with van der Waals surface area (Å²) in [6.45, 7) is 4.25. The number of pyridine rings is 1. The highest BCUT2D eigenvalue weighted by Crippen LogP contribution is 2.26. The Morgan fingerprint density at radius 3 is 2.47 bits per heavy atom. The second kappa shape index (κ2) is 5.07. The van der Waals surface area contributed by atoms with Crippen molar-refractivity contribution in [2.75, 3.05) is 0 Å². The van der Waals surface area contributed by atoms with E-state index in [0.29, 0.717) is 0 Å². The summed E-state index contributed by atoms with van der Waals surface area (Å²) in [4.78, 5) is 4.05. The summed E-state index contributed by atoms with van der Waals surface area (Å²) in [7, 11) is 0. The molecule has 92 valence electrons. The van der Waals surface area contributed by atoms with Crippen LogP contribution in [0.5, 0.6) is 0 Å². The highest BCUT2D eigenvalue weighted by molar-refractivity contribution is 5.93. The molecule has 0 unspecified atom stereocenters. The zero-order chi connectivity index (χ0) is 13.1. The zero-order valence-corrected chi connectivity index (χ0v) is 10.7. The molecule has 0 spiro atoms. The van der Waals surface area contributed by atoms with Gasteiger partial charge in [0.25, 0.3) is 0 Å². The van der Waals surface area contributed by atoms with Crippen molar-refractivity contribution in [1.29, 1.82) is 0 Å². The smallest absolute Gasteiger partial charge is 0.0270 e. The normalized spacial score (nSPS) is 10.5. The standard InChI is InChI=1S/C18H15N/c1-14(13-15-9-11-19-12-10-15)17-8-4-6-16-5-2-3-7-18(16)17/h2-12H,1,13H2. The minimum Gasteiger partial charge on any atom is -0.265 e. The monoisotopic (exact) mass is 245 g/mol. The van der Waals surface area contributed by atoms with E-state index in [1.165, 1.54) is 21.9 Å². The lowest BCUT2D eigenvalue weighted by Crippen LogP contribution is -1.91. The molecule has 19 heavy (non-hydrogen) atoms. The van der Waals surface area contributed by atoms with Crippen LogP contribution in [0.2, 0.25) is 0 Å². The Morgan fingerprint density at radius 2 is 1.63 bits per heavy atom. The van der Waals surface area contributed by atoms with Gasteiger partial charge in [0.2, 0.25) is 0 Å². The van der Waals surface area contributed by atoms with Crippen molar-refractivity contribution in [1.82, 2.24) is 4.98 Å². The maximum atomic E-state index is 4.25. The third kappa shape index (κ3) is 2.41. The lowest BCUT2D eigenvalue weighted by molar-refractivity contribution is 1.22. The van der Waals surface area contributed by atoms with Gasteiger partial charge in [0.05, 0.1) is 0 Å². The highest BCUT2D eigenvalue weighted by Gasteiger charge is 2.05. The van der Waals surface area contributed by atoms with Gasteiger partial charge in [0.1, 0.15) is 0 Å². The average Bonchev–Trinajstić information content (AvgIpc) is 2.47. The predicted octanol–water partition coefficient (Wildman–Crippen LogP) is 4.49. The molecule has 1 heterocycles. The van der Waals surface area contributed by atoms with Crippen molar-refractivity contribution in [2.24, 2.45) is 0 Å². The molecule has 0 amide bonds. The molecule has 0 bridgehead atoms. The Labute approximate surface area is 113 Å². The molecule has 3 aromatic rings. The molecule has 0 N–H and O–H groups in total. The molecule has 3 rings (SSSR count). The first-order chi connectivity index (χ1) is 9.34. The van der Waals surface area contributed by atoms with Crippen LogP contribution in [0.1, 0.15) is 11.1 Å². The van der Waals surface area contributed by atoms with Crippen molar-refractivity contribution in [2.45, 2.75) is 6.42 Å². The molecule has 0 fully saturated rings. The van der Waals surface area contributed by atoms with Crippen LogP contribution in [0.3, 0.4) is 0 Å². The van der Waals surface area contributed by atoms with Gasteiger partial charge < -0.3 is 0 Å². The van der Waals surface area contributed by atoms with Gasteiger partial charge in [-0.15, -0.1) is 0 Å². The third-order valence-electron chi connectivity index (χ3n) is 3.34. The Kier molecular flexibility index (Phi) is 3.11. The first-order valence-corrected chi connectivity index (χ1v) is 6.39. The van der Waals surface area contributed by atoms with Gasteiger partial charge in [-0.2, -0.15) is 0 Å². The first-order valence-electron chi connectivity index (χ1n) is 6.39. The Balaban J connectivity index is 1.98. The molecule has 2 aromatic carbocycles. The van der Waals surface area contributed by atoms with E-state index in [-0.39, 0.29) is 0 Å². The van der Waals surface area contributed by atoms with Crippen LogP contribution in [0.4, 0.5) is 0 Å². The summed E-state index contributed by atoms with van der Waals surface area (Å²) in [5.41, 5.74) is 3.62. The van der Waals surface area contributed by atoms with E-state index in [4.69, 9.17) is 0 Å². The van der Waals surface area contributed by atoms with E-state index in [0.717, 1.165) is 12.0 Å². The van der Waals surface area contributed by atoms with Gasteiger partial charge >= 0.3 is 0 Å². The van der Waals surface area contributed by atoms with E-state index in [2.05, 4.69) is 54.0 Å². The molecular formula is C18H15N. The summed E-state index contributed by atoms with van der Waals surface area (Å²) in [5, 5.41) is 2.53. The Bertz CT molecular complexity index is 709. The lowest BCUT2D eigenvalue weighted by Gasteiger charge is -2.09. The van der Waals surface area contributed by atoms with Gasteiger partial charge in [0, 0.05) is 12.4 Å². The van der Waals surface area contributed by atoms with Crippen molar-refractivity contribution in [3.05, 3.63) is 84.7 Å². The highest BCUT2D eigenvalue weighted by atomic mass is 14.6. The summed E-state index contributed by atoms with van der Waals surface area (Å²) < 4.78 is 0. The van der Waals surface area contributed by atoms with Gasteiger partial charge in [0.15, 0.2) is 0 Å². The van der Waals surface area contributed by atoms with Crippen molar-refractivity contribution >= 4 is 16.3 Å². The molecule has 1 nitrogen and oxygen atoms in total. The number of benzene rings is 2. The number of hydrogen-bond donors (Lipinski definition) is 0. The number of rotatable bonds is 3. The molecule has 0 aliphatic heterocycles. The summed E-state index contributed by atoms with van der Waals surface area (Å²) in [5.74, 6) is 0. The van der Waals surface area contributed by atoms with Gasteiger partial charge in [-0.1, -0.05) is 49.0 Å². The van der Waals surface area contributed by atoms with Crippen molar-refractivity contribution in [3.63, 3.8) is 0 Å². The maximum Gasteiger partial charge on any atom is 0.0270 e. The quantitative estimate of drug-likeness (QED) is 0.662. The summed E-state index contributed by atoms with van der Waals surface area (Å²) >= 11 is 0. The second-order valence-electron chi connectivity index (χ2n) is 4.66. The fourth-order valence-corrected chi connectivity index (χ4v) is 2.38. The lowest BCUT2D eigenvalue weighted by atomic mass is 9.95. The van der Waals surface area contributed by atoms with Crippen molar-refractivity contribution in [3.8, 4) is 0 Å².